The van der Waals surface area contributed by atoms with E-state index in [1.54, 1.807) is 146 Å². The van der Waals surface area contributed by atoms with E-state index in [1.165, 1.54) is 104 Å². The van der Waals surface area contributed by atoms with Gasteiger partial charge in [-0.25, -0.2) is 0 Å². The molecule has 8 heterocycles. The summed E-state index contributed by atoms with van der Waals surface area (Å²) in [5.74, 6) is 3.78. The molecule has 0 saturated heterocycles. The first-order valence-electron chi connectivity index (χ1n) is 30.6. The van der Waals surface area contributed by atoms with E-state index in [0.29, 0.717) is 180 Å². The number of aromatic nitrogens is 4. The van der Waals surface area contributed by atoms with Gasteiger partial charge in [-0.15, -0.1) is 0 Å². The van der Waals surface area contributed by atoms with Crippen molar-refractivity contribution in [1.82, 2.24) is 18.3 Å². The minimum absolute atomic E-state index is 0.188. The van der Waals surface area contributed by atoms with E-state index in [2.05, 4.69) is 0 Å². The molecule has 0 N–H and O–H groups in total. The van der Waals surface area contributed by atoms with Gasteiger partial charge in [-0.1, -0.05) is 48.5 Å². The second kappa shape index (κ2) is 25.8. The van der Waals surface area contributed by atoms with Crippen molar-refractivity contribution in [3.63, 3.8) is 0 Å². The molecule has 0 amide bonds. The Morgan fingerprint density at radius 3 is 0.560 bits per heavy atom. The summed E-state index contributed by atoms with van der Waals surface area (Å²) in [5, 5.41) is 3.61. The van der Waals surface area contributed by atoms with Crippen LogP contribution in [0.5, 0.6) is 69.0 Å². The molecule has 12 aromatic rings. The third-order valence-electron chi connectivity index (χ3n) is 17.8. The van der Waals surface area contributed by atoms with Crippen LogP contribution in [0, 0.1) is 0 Å². The Balaban J connectivity index is 0.000000119. The van der Waals surface area contributed by atoms with Crippen molar-refractivity contribution in [2.75, 3.05) is 85.3 Å². The van der Waals surface area contributed by atoms with Crippen molar-refractivity contribution >= 4 is 66.2 Å². The minimum atomic E-state index is -0.301. The first-order chi connectivity index (χ1) is 48.5. The number of carbonyl (C=O) groups excluding carboxylic acids is 4. The van der Waals surface area contributed by atoms with Gasteiger partial charge in [-0.05, 0) is 97.1 Å². The van der Waals surface area contributed by atoms with Crippen molar-refractivity contribution in [3.8, 4) is 91.7 Å². The van der Waals surface area contributed by atoms with Gasteiger partial charge in [0.1, 0.15) is 0 Å². The zero-order chi connectivity index (χ0) is 70.9. The van der Waals surface area contributed by atoms with Gasteiger partial charge in [-0.2, -0.15) is 0 Å². The number of methoxy groups -OCH3 is 12. The van der Waals surface area contributed by atoms with Crippen molar-refractivity contribution in [1.29, 1.82) is 0 Å². The summed E-state index contributed by atoms with van der Waals surface area (Å²) < 4.78 is 70.4. The lowest BCUT2D eigenvalue weighted by Crippen LogP contribution is -2.20. The molecule has 0 spiro atoms. The van der Waals surface area contributed by atoms with Crippen molar-refractivity contribution in [2.24, 2.45) is 0 Å². The minimum Gasteiger partial charge on any atom is -0.493 e. The summed E-state index contributed by atoms with van der Waals surface area (Å²) in [6.45, 7) is 0. The van der Waals surface area contributed by atoms with Crippen LogP contribution < -0.4 is 79.1 Å². The summed E-state index contributed by atoms with van der Waals surface area (Å²) >= 11 is 0. The second-order valence-corrected chi connectivity index (χ2v) is 22.5. The Morgan fingerprint density at radius 2 is 0.390 bits per heavy atom. The molecule has 8 aromatic carbocycles. The summed E-state index contributed by atoms with van der Waals surface area (Å²) in [4.78, 5) is 103. The number of fused-ring (bicyclic) bond motifs is 16. The zero-order valence-corrected chi connectivity index (χ0v) is 55.8. The number of pyridine rings is 4. The Bertz CT molecular complexity index is 5100. The molecule has 24 nitrogen and oxygen atoms in total. The van der Waals surface area contributed by atoms with Crippen LogP contribution in [0.4, 0.5) is 0 Å². The van der Waals surface area contributed by atoms with E-state index in [1.807, 2.05) is 0 Å². The largest absolute Gasteiger partial charge is 0.493 e. The Morgan fingerprint density at radius 1 is 0.210 bits per heavy atom. The van der Waals surface area contributed by atoms with Crippen LogP contribution in [-0.4, -0.2) is 127 Å². The Labute approximate surface area is 567 Å². The molecule has 16 rings (SSSR count). The average molecular weight is 1350 g/mol. The van der Waals surface area contributed by atoms with Gasteiger partial charge in [0.25, 0.3) is 22.2 Å². The maximum atomic E-state index is 13.1. The Hall–Kier alpha value is -13.1. The fourth-order valence-corrected chi connectivity index (χ4v) is 13.3. The molecule has 0 bridgehead atoms. The van der Waals surface area contributed by atoms with Crippen LogP contribution in [0.2, 0.25) is 0 Å². The SMILES string of the molecule is COc1cc2c(=O)n3c(cc2c(OC)c1OC)C(=O)c1ccccc1-3.COc1cc2c(=O)n3c(cc2c(OC)c1OC)C(=O)c1ccccc1-3.COc1cc2c(=O)n3c(cc2c(OC)c1OC)C(=O)c1ccccc1-3.COc1cc2c(=O)n3c(cc2c(OC)c1OC)C(=O)c1ccccc1-3. The third kappa shape index (κ3) is 9.80. The lowest BCUT2D eigenvalue weighted by molar-refractivity contribution is 0.103. The van der Waals surface area contributed by atoms with E-state index in [9.17, 15) is 38.4 Å². The van der Waals surface area contributed by atoms with Gasteiger partial charge < -0.3 is 56.8 Å². The molecular weight excluding hydrogens is 1290 g/mol. The smallest absolute Gasteiger partial charge is 0.263 e. The van der Waals surface area contributed by atoms with Gasteiger partial charge in [0, 0.05) is 43.8 Å². The molecule has 24 heteroatoms. The third-order valence-corrected chi connectivity index (χ3v) is 17.8. The van der Waals surface area contributed by atoms with Crippen molar-refractivity contribution in [2.45, 2.75) is 0 Å². The summed E-state index contributed by atoms with van der Waals surface area (Å²) in [6.07, 6.45) is 0. The maximum Gasteiger partial charge on any atom is 0.263 e. The summed E-state index contributed by atoms with van der Waals surface area (Å²) in [6, 6.07) is 41.3. The molecule has 0 unspecified atom stereocenters. The van der Waals surface area contributed by atoms with Crippen LogP contribution in [0.1, 0.15) is 64.2 Å². The molecule has 0 radical (unpaired) electrons. The number of para-hydroxylation sites is 4. The monoisotopic (exact) mass is 1350 g/mol. The van der Waals surface area contributed by atoms with E-state index in [4.69, 9.17) is 56.8 Å². The highest BCUT2D eigenvalue weighted by Gasteiger charge is 2.35. The first-order valence-corrected chi connectivity index (χ1v) is 30.6. The van der Waals surface area contributed by atoms with E-state index in [0.717, 1.165) is 0 Å². The molecule has 0 saturated carbocycles. The number of hydrogen-bond donors (Lipinski definition) is 0. The zero-order valence-electron chi connectivity index (χ0n) is 55.8. The van der Waals surface area contributed by atoms with Crippen LogP contribution in [-0.2, 0) is 0 Å². The topological polar surface area (TPSA) is 267 Å². The van der Waals surface area contributed by atoms with Crippen molar-refractivity contribution < 1.29 is 76.0 Å². The van der Waals surface area contributed by atoms with Gasteiger partial charge in [0.15, 0.2) is 46.0 Å². The predicted molar refractivity (Wildman–Crippen MR) is 371 cm³/mol. The van der Waals surface area contributed by atoms with Crippen molar-refractivity contribution in [3.05, 3.63) is 232 Å². The highest BCUT2D eigenvalue weighted by molar-refractivity contribution is 6.18. The van der Waals surface area contributed by atoms with E-state index < -0.39 is 0 Å². The molecule has 0 atom stereocenters. The number of ether oxygens (including phenoxy) is 12. The number of nitrogens with zero attached hydrogens (tertiary/aromatic N) is 4. The van der Waals surface area contributed by atoms with Crippen LogP contribution >= 0.6 is 0 Å². The summed E-state index contributed by atoms with van der Waals surface area (Å²) in [7, 11) is 17.9. The average Bonchev–Trinajstić information content (AvgIpc) is 1.55. The van der Waals surface area contributed by atoms with E-state index >= 15 is 0 Å². The van der Waals surface area contributed by atoms with Gasteiger partial charge >= 0.3 is 0 Å². The summed E-state index contributed by atoms with van der Waals surface area (Å²) in [5.41, 5.74) is 4.41. The lowest BCUT2D eigenvalue weighted by atomic mass is 10.1. The number of carbonyl (C=O) groups is 4. The highest BCUT2D eigenvalue weighted by Crippen LogP contribution is 2.48. The van der Waals surface area contributed by atoms with Crippen LogP contribution in [0.3, 0.4) is 0 Å². The molecule has 4 aromatic heterocycles. The molecule has 4 aliphatic heterocycles. The maximum absolute atomic E-state index is 13.1. The number of ketones is 4. The highest BCUT2D eigenvalue weighted by atomic mass is 16.6. The fraction of sp³-hybridized carbons (Fsp3) is 0.158. The van der Waals surface area contributed by atoms with Gasteiger partial charge in [-0.3, -0.25) is 56.6 Å². The van der Waals surface area contributed by atoms with E-state index in [-0.39, 0.29) is 45.4 Å². The predicted octanol–water partition coefficient (Wildman–Crippen LogP) is 10.2. The van der Waals surface area contributed by atoms with Crippen LogP contribution in [0.25, 0.3) is 65.8 Å². The number of hydrogen-bond acceptors (Lipinski definition) is 20. The molecule has 4 aliphatic rings. The molecule has 0 aliphatic carbocycles. The van der Waals surface area contributed by atoms with Gasteiger partial charge in [0.05, 0.1) is 152 Å². The molecular formula is C76H60N4O20. The normalized spacial score (nSPS) is 12.0. The van der Waals surface area contributed by atoms with Gasteiger partial charge in [0.2, 0.25) is 46.1 Å². The first kappa shape index (κ1) is 65.5. The standard InChI is InChI=1S/4C19H15NO5/c4*1-23-15-9-12-11(17(24-2)18(15)25-3)8-14-16(21)10-6-4-5-7-13(10)20(14)19(12)22/h4*4-9H,1-3H3. The number of benzene rings is 8. The molecule has 504 valence electrons. The number of rotatable bonds is 12. The molecule has 0 fully saturated rings. The quantitative estimate of drug-likeness (QED) is 0.110. The fourth-order valence-electron chi connectivity index (χ4n) is 13.3. The second-order valence-electron chi connectivity index (χ2n) is 22.5. The van der Waals surface area contributed by atoms with Crippen LogP contribution in [0.15, 0.2) is 165 Å². The lowest BCUT2D eigenvalue weighted by Gasteiger charge is -2.15. The molecule has 100 heavy (non-hydrogen) atoms. The Kier molecular flexibility index (Phi) is 16.9.